The van der Waals surface area contributed by atoms with Crippen molar-refractivity contribution in [3.63, 3.8) is 0 Å². The van der Waals surface area contributed by atoms with E-state index >= 15 is 0 Å². The molecular weight excluding hydrogens is 308 g/mol. The summed E-state index contributed by atoms with van der Waals surface area (Å²) in [7, 11) is 0. The Labute approximate surface area is 131 Å². The van der Waals surface area contributed by atoms with Gasteiger partial charge in [-0.1, -0.05) is 11.6 Å². The van der Waals surface area contributed by atoms with Crippen molar-refractivity contribution < 1.29 is 4.74 Å². The number of ether oxygens (including phenoxy) is 1. The number of nitrogens with zero attached hydrogens (tertiary/aromatic N) is 2. The highest BCUT2D eigenvalue weighted by atomic mass is 35.5. The van der Waals surface area contributed by atoms with Crippen LogP contribution in [0.4, 0.5) is 17.1 Å². The number of benzene rings is 2. The molecule has 3 N–H and O–H groups in total. The molecule has 1 aromatic heterocycles. The van der Waals surface area contributed by atoms with Crippen molar-refractivity contribution in [1.29, 1.82) is 0 Å². The van der Waals surface area contributed by atoms with E-state index < -0.39 is 0 Å². The highest BCUT2D eigenvalue weighted by Crippen LogP contribution is 2.34. The number of halogens is 1. The van der Waals surface area contributed by atoms with Gasteiger partial charge in [0, 0.05) is 11.8 Å². The third kappa shape index (κ3) is 2.72. The van der Waals surface area contributed by atoms with Gasteiger partial charge in [-0.3, -0.25) is 0 Å². The predicted octanol–water partition coefficient (Wildman–Crippen LogP) is 4.07. The Morgan fingerprint density at radius 1 is 1.29 bits per heavy atom. The van der Waals surface area contributed by atoms with Crippen LogP contribution in [0.5, 0.6) is 5.75 Å². The first-order chi connectivity index (χ1) is 10.2. The van der Waals surface area contributed by atoms with Gasteiger partial charge in [0.15, 0.2) is 0 Å². The topological polar surface area (TPSA) is 73.1 Å². The lowest BCUT2D eigenvalue weighted by molar-refractivity contribution is 0.342. The van der Waals surface area contributed by atoms with Crippen LogP contribution in [-0.4, -0.2) is 15.4 Å². The van der Waals surface area contributed by atoms with Crippen LogP contribution in [0.15, 0.2) is 30.3 Å². The minimum Gasteiger partial charge on any atom is -0.492 e. The van der Waals surface area contributed by atoms with Crippen molar-refractivity contribution in [3.8, 4) is 5.75 Å². The van der Waals surface area contributed by atoms with E-state index in [1.54, 1.807) is 12.1 Å². The molecular formula is C14H13ClN4OS. The van der Waals surface area contributed by atoms with Crippen molar-refractivity contribution in [2.24, 2.45) is 0 Å². The zero-order valence-corrected chi connectivity index (χ0v) is 12.8. The standard InChI is InChI=1S/C14H13ClN4OS/c1-2-20-12-7-8(3-5-10(12)16)17-13-9(15)4-6-11-14(13)19-21-18-11/h3-7,17H,2,16H2,1H3. The molecule has 0 radical (unpaired) electrons. The van der Waals surface area contributed by atoms with Crippen LogP contribution in [0.25, 0.3) is 11.0 Å². The van der Waals surface area contributed by atoms with Gasteiger partial charge < -0.3 is 15.8 Å². The first kappa shape index (κ1) is 13.9. The number of hydrogen-bond acceptors (Lipinski definition) is 6. The molecule has 0 atom stereocenters. The van der Waals surface area contributed by atoms with Crippen LogP contribution >= 0.6 is 23.3 Å². The smallest absolute Gasteiger partial charge is 0.144 e. The largest absolute Gasteiger partial charge is 0.492 e. The Morgan fingerprint density at radius 2 is 2.14 bits per heavy atom. The molecule has 0 saturated carbocycles. The van der Waals surface area contributed by atoms with Gasteiger partial charge in [-0.2, -0.15) is 8.75 Å². The highest BCUT2D eigenvalue weighted by molar-refractivity contribution is 7.00. The van der Waals surface area contributed by atoms with Gasteiger partial charge in [-0.15, -0.1) is 0 Å². The average molecular weight is 321 g/mol. The maximum atomic E-state index is 6.26. The quantitative estimate of drug-likeness (QED) is 0.709. The molecule has 0 unspecified atom stereocenters. The molecule has 21 heavy (non-hydrogen) atoms. The maximum absolute atomic E-state index is 6.26. The molecule has 0 fully saturated rings. The van der Waals surface area contributed by atoms with Crippen molar-refractivity contribution in [3.05, 3.63) is 35.4 Å². The highest BCUT2D eigenvalue weighted by Gasteiger charge is 2.11. The van der Waals surface area contributed by atoms with Gasteiger partial charge in [-0.05, 0) is 31.2 Å². The zero-order chi connectivity index (χ0) is 14.8. The van der Waals surface area contributed by atoms with E-state index in [2.05, 4.69) is 14.1 Å². The third-order valence-corrected chi connectivity index (χ3v) is 3.82. The summed E-state index contributed by atoms with van der Waals surface area (Å²) in [6.07, 6.45) is 0. The zero-order valence-electron chi connectivity index (χ0n) is 11.3. The molecule has 2 aromatic carbocycles. The predicted molar refractivity (Wildman–Crippen MR) is 87.7 cm³/mol. The first-order valence-electron chi connectivity index (χ1n) is 6.39. The Morgan fingerprint density at radius 3 is 2.95 bits per heavy atom. The molecule has 0 spiro atoms. The minimum atomic E-state index is 0.556. The number of aromatic nitrogens is 2. The van der Waals surface area contributed by atoms with Gasteiger partial charge in [0.2, 0.25) is 0 Å². The van der Waals surface area contributed by atoms with Gasteiger partial charge in [0.1, 0.15) is 16.8 Å². The van der Waals surface area contributed by atoms with Crippen LogP contribution in [0, 0.1) is 0 Å². The summed E-state index contributed by atoms with van der Waals surface area (Å²) in [5.41, 5.74) is 9.60. The fourth-order valence-electron chi connectivity index (χ4n) is 1.98. The number of nitrogens with two attached hydrogens (primary N) is 1. The summed E-state index contributed by atoms with van der Waals surface area (Å²) in [6.45, 7) is 2.47. The molecule has 1 heterocycles. The monoisotopic (exact) mass is 320 g/mol. The summed E-state index contributed by atoms with van der Waals surface area (Å²) in [4.78, 5) is 0. The van der Waals surface area contributed by atoms with Crippen molar-refractivity contribution >= 4 is 51.4 Å². The molecule has 5 nitrogen and oxygen atoms in total. The van der Waals surface area contributed by atoms with Crippen molar-refractivity contribution in [2.45, 2.75) is 6.92 Å². The lowest BCUT2D eigenvalue weighted by atomic mass is 10.2. The third-order valence-electron chi connectivity index (χ3n) is 2.96. The van der Waals surface area contributed by atoms with Crippen molar-refractivity contribution in [2.75, 3.05) is 17.7 Å². The Bertz CT molecular complexity index is 790. The summed E-state index contributed by atoms with van der Waals surface area (Å²) in [5, 5.41) is 3.85. The van der Waals surface area contributed by atoms with Gasteiger partial charge in [-0.25, -0.2) is 0 Å². The van der Waals surface area contributed by atoms with Crippen LogP contribution < -0.4 is 15.8 Å². The summed E-state index contributed by atoms with van der Waals surface area (Å²) < 4.78 is 14.0. The lowest BCUT2D eigenvalue weighted by Gasteiger charge is -2.12. The SMILES string of the molecule is CCOc1cc(Nc2c(Cl)ccc3nsnc23)ccc1N. The average Bonchev–Trinajstić information content (AvgIpc) is 2.94. The number of fused-ring (bicyclic) bond motifs is 1. The molecule has 3 aromatic rings. The molecule has 0 saturated heterocycles. The van der Waals surface area contributed by atoms with Crippen LogP contribution in [0.3, 0.4) is 0 Å². The van der Waals surface area contributed by atoms with E-state index in [4.69, 9.17) is 22.1 Å². The number of rotatable bonds is 4. The second kappa shape index (κ2) is 5.75. The van der Waals surface area contributed by atoms with E-state index in [0.717, 1.165) is 34.1 Å². The molecule has 7 heteroatoms. The summed E-state index contributed by atoms with van der Waals surface area (Å²) >= 11 is 7.42. The Hall–Kier alpha value is -2.05. The molecule has 0 aliphatic carbocycles. The molecule has 108 valence electrons. The Balaban J connectivity index is 2.00. The lowest BCUT2D eigenvalue weighted by Crippen LogP contribution is -1.99. The normalized spacial score (nSPS) is 10.8. The number of anilines is 3. The molecule has 0 aliphatic rings. The van der Waals surface area contributed by atoms with E-state index in [9.17, 15) is 0 Å². The van der Waals surface area contributed by atoms with Crippen LogP contribution in [0.2, 0.25) is 5.02 Å². The molecule has 0 bridgehead atoms. The fraction of sp³-hybridized carbons (Fsp3) is 0.143. The van der Waals surface area contributed by atoms with E-state index in [1.807, 2.05) is 25.1 Å². The first-order valence-corrected chi connectivity index (χ1v) is 7.50. The summed E-state index contributed by atoms with van der Waals surface area (Å²) in [5.74, 6) is 0.641. The van der Waals surface area contributed by atoms with Crippen LogP contribution in [0.1, 0.15) is 6.92 Å². The van der Waals surface area contributed by atoms with Gasteiger partial charge in [0.05, 0.1) is 34.7 Å². The van der Waals surface area contributed by atoms with E-state index in [1.165, 1.54) is 0 Å². The van der Waals surface area contributed by atoms with Crippen LogP contribution in [-0.2, 0) is 0 Å². The van der Waals surface area contributed by atoms with Gasteiger partial charge >= 0.3 is 0 Å². The number of nitrogen functional groups attached to an aromatic ring is 1. The summed E-state index contributed by atoms with van der Waals surface area (Å²) in [6, 6.07) is 9.15. The second-order valence-electron chi connectivity index (χ2n) is 4.36. The number of nitrogens with one attached hydrogen (secondary N) is 1. The Kier molecular flexibility index (Phi) is 3.81. The minimum absolute atomic E-state index is 0.556. The maximum Gasteiger partial charge on any atom is 0.144 e. The van der Waals surface area contributed by atoms with E-state index in [-0.39, 0.29) is 0 Å². The molecule has 3 rings (SSSR count). The molecule has 0 aliphatic heterocycles. The van der Waals surface area contributed by atoms with E-state index in [0.29, 0.717) is 23.1 Å². The van der Waals surface area contributed by atoms with Gasteiger partial charge in [0.25, 0.3) is 0 Å². The second-order valence-corrected chi connectivity index (χ2v) is 5.30. The number of hydrogen-bond donors (Lipinski definition) is 2. The van der Waals surface area contributed by atoms with Crippen molar-refractivity contribution in [1.82, 2.24) is 8.75 Å². The fourth-order valence-corrected chi connectivity index (χ4v) is 2.73. The molecule has 0 amide bonds.